The van der Waals surface area contributed by atoms with Gasteiger partial charge in [0.1, 0.15) is 5.78 Å². The van der Waals surface area contributed by atoms with Crippen LogP contribution in [0.25, 0.3) is 10.9 Å². The molecule has 0 fully saturated rings. The summed E-state index contributed by atoms with van der Waals surface area (Å²) in [6.45, 7) is 3.98. The zero-order chi connectivity index (χ0) is 18.6. The van der Waals surface area contributed by atoms with Gasteiger partial charge >= 0.3 is 7.60 Å². The van der Waals surface area contributed by atoms with Gasteiger partial charge in [-0.15, -0.1) is 0 Å². The van der Waals surface area contributed by atoms with E-state index in [9.17, 15) is 19.1 Å². The number of carbonyl (C=O) groups excluding carboxylic acids is 1. The zero-order valence-corrected chi connectivity index (χ0v) is 15.6. The molecule has 2 rings (SSSR count). The fourth-order valence-electron chi connectivity index (χ4n) is 2.86. The monoisotopic (exact) mass is 367 g/mol. The van der Waals surface area contributed by atoms with Crippen LogP contribution < -0.4 is 10.6 Å². The fraction of sp³-hybridized carbons (Fsp3) is 0.471. The topological polar surface area (TPSA) is 114 Å². The summed E-state index contributed by atoms with van der Waals surface area (Å²) in [6, 6.07) is 7.04. The fourth-order valence-corrected chi connectivity index (χ4v) is 3.58. The van der Waals surface area contributed by atoms with E-state index in [4.69, 9.17) is 0 Å². The van der Waals surface area contributed by atoms with Crippen molar-refractivity contribution >= 4 is 24.4 Å². The van der Waals surface area contributed by atoms with E-state index in [1.807, 2.05) is 38.1 Å². The molecular formula is C17H26N3O4P. The minimum absolute atomic E-state index is 0.0537. The first kappa shape index (κ1) is 19.7. The van der Waals surface area contributed by atoms with E-state index in [1.165, 1.54) is 0 Å². The van der Waals surface area contributed by atoms with Crippen molar-refractivity contribution in [3.8, 4) is 0 Å². The van der Waals surface area contributed by atoms with Gasteiger partial charge in [0.25, 0.3) is 0 Å². The van der Waals surface area contributed by atoms with Crippen LogP contribution in [0.2, 0.25) is 0 Å². The highest BCUT2D eigenvalue weighted by Gasteiger charge is 2.33. The minimum Gasteiger partial charge on any atom is -0.361 e. The smallest absolute Gasteiger partial charge is 0.347 e. The largest absolute Gasteiger partial charge is 0.361 e. The van der Waals surface area contributed by atoms with Crippen molar-refractivity contribution in [1.29, 1.82) is 0 Å². The molecule has 2 atom stereocenters. The Morgan fingerprint density at radius 1 is 1.28 bits per heavy atom. The van der Waals surface area contributed by atoms with Gasteiger partial charge in [0.05, 0.1) is 6.04 Å². The van der Waals surface area contributed by atoms with Crippen LogP contribution in [-0.4, -0.2) is 39.6 Å². The molecule has 7 nitrogen and oxygen atoms in total. The number of likely N-dealkylation sites (N-methyl/N-ethyl adjacent to an activating group) is 1. The summed E-state index contributed by atoms with van der Waals surface area (Å²) in [6.07, 6.45) is 2.37. The lowest BCUT2D eigenvalue weighted by Crippen LogP contribution is -2.47. The van der Waals surface area contributed by atoms with Crippen molar-refractivity contribution in [2.24, 2.45) is 5.92 Å². The molecule has 1 amide bonds. The number of H-pyrrole nitrogens is 1. The number of para-hydroxylation sites is 1. The predicted molar refractivity (Wildman–Crippen MR) is 98.3 cm³/mol. The molecule has 8 heteroatoms. The summed E-state index contributed by atoms with van der Waals surface area (Å²) in [7, 11) is -2.84. The lowest BCUT2D eigenvalue weighted by atomic mass is 10.0. The summed E-state index contributed by atoms with van der Waals surface area (Å²) >= 11 is 0. The Morgan fingerprint density at radius 2 is 1.96 bits per heavy atom. The van der Waals surface area contributed by atoms with Gasteiger partial charge in [0.15, 0.2) is 0 Å². The molecule has 1 unspecified atom stereocenters. The number of aromatic amines is 1. The van der Waals surface area contributed by atoms with Crippen LogP contribution in [0.4, 0.5) is 0 Å². The molecule has 0 spiro atoms. The van der Waals surface area contributed by atoms with Gasteiger partial charge in [-0.25, -0.2) is 0 Å². The minimum atomic E-state index is -4.51. The number of nitrogens with one attached hydrogen (secondary N) is 3. The summed E-state index contributed by atoms with van der Waals surface area (Å²) < 4.78 is 11.9. The van der Waals surface area contributed by atoms with E-state index in [2.05, 4.69) is 15.6 Å². The molecule has 0 radical (unpaired) electrons. The Labute approximate surface area is 147 Å². The number of amides is 1. The second-order valence-electron chi connectivity index (χ2n) is 6.65. The molecule has 138 valence electrons. The van der Waals surface area contributed by atoms with Crippen LogP contribution in [0.5, 0.6) is 0 Å². The zero-order valence-electron chi connectivity index (χ0n) is 14.7. The molecule has 0 aliphatic carbocycles. The highest BCUT2D eigenvalue weighted by atomic mass is 31.2. The summed E-state index contributed by atoms with van der Waals surface area (Å²) in [5.74, 6) is -1.38. The normalized spacial score (nSPS) is 14.6. The SMILES string of the molecule is CN[C@@H](CC(C)C)C(=O)NC(Cc1c[nH]c2ccccc12)P(=O)(O)O. The van der Waals surface area contributed by atoms with Crippen molar-refractivity contribution in [2.45, 2.75) is 38.5 Å². The number of fused-ring (bicyclic) bond motifs is 1. The van der Waals surface area contributed by atoms with Gasteiger partial charge < -0.3 is 25.4 Å². The van der Waals surface area contributed by atoms with Crippen LogP contribution >= 0.6 is 7.60 Å². The van der Waals surface area contributed by atoms with Crippen LogP contribution in [0.3, 0.4) is 0 Å². The van der Waals surface area contributed by atoms with Gasteiger partial charge in [0.2, 0.25) is 5.91 Å². The molecule has 2 aromatic rings. The highest BCUT2D eigenvalue weighted by molar-refractivity contribution is 7.52. The lowest BCUT2D eigenvalue weighted by molar-refractivity contribution is -0.123. The molecule has 1 heterocycles. The number of benzene rings is 1. The van der Waals surface area contributed by atoms with E-state index in [0.29, 0.717) is 6.42 Å². The average Bonchev–Trinajstić information content (AvgIpc) is 2.94. The Bertz CT molecular complexity index is 768. The van der Waals surface area contributed by atoms with Gasteiger partial charge in [-0.3, -0.25) is 9.36 Å². The first-order valence-corrected chi connectivity index (χ1v) is 9.98. The average molecular weight is 367 g/mol. The second-order valence-corrected chi connectivity index (χ2v) is 8.45. The molecule has 5 N–H and O–H groups in total. The lowest BCUT2D eigenvalue weighted by Gasteiger charge is -2.24. The van der Waals surface area contributed by atoms with Gasteiger partial charge in [-0.2, -0.15) is 0 Å². The molecule has 0 saturated heterocycles. The van der Waals surface area contributed by atoms with Crippen molar-refractivity contribution in [3.63, 3.8) is 0 Å². The van der Waals surface area contributed by atoms with Gasteiger partial charge in [-0.05, 0) is 31.0 Å². The highest BCUT2D eigenvalue weighted by Crippen LogP contribution is 2.42. The third-order valence-electron chi connectivity index (χ3n) is 4.18. The van der Waals surface area contributed by atoms with Gasteiger partial charge in [-0.1, -0.05) is 32.0 Å². The predicted octanol–water partition coefficient (Wildman–Crippen LogP) is 1.96. The Kier molecular flexibility index (Phi) is 6.41. The van der Waals surface area contributed by atoms with E-state index < -0.39 is 25.3 Å². The quantitative estimate of drug-likeness (QED) is 0.458. The maximum absolute atomic E-state index is 12.4. The summed E-state index contributed by atoms with van der Waals surface area (Å²) in [4.78, 5) is 34.9. The van der Waals surface area contributed by atoms with Crippen molar-refractivity contribution in [2.75, 3.05) is 7.05 Å². The van der Waals surface area contributed by atoms with Crippen molar-refractivity contribution in [1.82, 2.24) is 15.6 Å². The van der Waals surface area contributed by atoms with Crippen LogP contribution in [0.15, 0.2) is 30.5 Å². The van der Waals surface area contributed by atoms with Crippen LogP contribution in [-0.2, 0) is 15.8 Å². The Morgan fingerprint density at radius 3 is 2.56 bits per heavy atom. The third kappa shape index (κ3) is 5.16. The number of aromatic nitrogens is 1. The number of carbonyl (C=O) groups is 1. The molecule has 0 aliphatic rings. The molecule has 25 heavy (non-hydrogen) atoms. The number of hydrogen-bond donors (Lipinski definition) is 5. The third-order valence-corrected chi connectivity index (χ3v) is 5.30. The molecule has 0 aliphatic heterocycles. The molecule has 0 saturated carbocycles. The number of rotatable bonds is 8. The van der Waals surface area contributed by atoms with Crippen LogP contribution in [0.1, 0.15) is 25.8 Å². The van der Waals surface area contributed by atoms with E-state index >= 15 is 0 Å². The Hall–Kier alpha value is -1.66. The van der Waals surface area contributed by atoms with E-state index in [-0.39, 0.29) is 12.3 Å². The summed E-state index contributed by atoms with van der Waals surface area (Å²) in [5.41, 5.74) is 1.65. The molecule has 1 aromatic heterocycles. The molecular weight excluding hydrogens is 341 g/mol. The Balaban J connectivity index is 2.19. The van der Waals surface area contributed by atoms with Crippen LogP contribution in [0, 0.1) is 5.92 Å². The van der Waals surface area contributed by atoms with Crippen molar-refractivity contribution < 1.29 is 19.1 Å². The standard InChI is InChI=1S/C17H26N3O4P/c1-11(2)8-15(18-3)17(21)20-16(25(22,23)24)9-12-10-19-14-7-5-4-6-13(12)14/h4-7,10-11,15-16,18-19H,8-9H2,1-3H3,(H,20,21)(H2,22,23,24)/t15-,16?/m0/s1. The van der Waals surface area contributed by atoms with E-state index in [1.54, 1.807) is 13.2 Å². The molecule has 0 bridgehead atoms. The maximum atomic E-state index is 12.4. The van der Waals surface area contributed by atoms with Crippen molar-refractivity contribution in [3.05, 3.63) is 36.0 Å². The van der Waals surface area contributed by atoms with E-state index in [0.717, 1.165) is 16.5 Å². The molecule has 1 aromatic carbocycles. The summed E-state index contributed by atoms with van der Waals surface area (Å²) in [5, 5.41) is 6.34. The number of hydrogen-bond acceptors (Lipinski definition) is 3. The second kappa shape index (κ2) is 8.15. The first-order chi connectivity index (χ1) is 11.7. The first-order valence-electron chi connectivity index (χ1n) is 8.30. The van der Waals surface area contributed by atoms with Gasteiger partial charge in [0, 0.05) is 23.5 Å². The maximum Gasteiger partial charge on any atom is 0.347 e.